The third-order valence-corrected chi connectivity index (χ3v) is 3.76. The molecule has 2 rings (SSSR count). The van der Waals surface area contributed by atoms with Crippen LogP contribution in [-0.2, 0) is 6.42 Å². The van der Waals surface area contributed by atoms with E-state index in [1.807, 2.05) is 42.5 Å². The van der Waals surface area contributed by atoms with Crippen LogP contribution in [-0.4, -0.2) is 33.0 Å². The maximum Gasteiger partial charge on any atom is 0.170 e. The van der Waals surface area contributed by atoms with Gasteiger partial charge in [-0.15, -0.1) is 0 Å². The molecule has 0 bridgehead atoms. The Bertz CT molecular complexity index is 674. The lowest BCUT2D eigenvalue weighted by Gasteiger charge is -2.14. The molecule has 0 fully saturated rings. The molecule has 0 unspecified atom stereocenters. The summed E-state index contributed by atoms with van der Waals surface area (Å²) in [7, 11) is 4.90. The van der Waals surface area contributed by atoms with Crippen LogP contribution in [0.15, 0.2) is 42.5 Å². The smallest absolute Gasteiger partial charge is 0.170 e. The second-order valence-electron chi connectivity index (χ2n) is 5.05. The van der Waals surface area contributed by atoms with Crippen molar-refractivity contribution in [2.24, 2.45) is 0 Å². The maximum atomic E-state index is 5.34. The second-order valence-corrected chi connectivity index (χ2v) is 5.45. The van der Waals surface area contributed by atoms with Gasteiger partial charge in [-0.1, -0.05) is 12.1 Å². The second kappa shape index (κ2) is 8.98. The van der Waals surface area contributed by atoms with Gasteiger partial charge in [-0.3, -0.25) is 0 Å². The highest BCUT2D eigenvalue weighted by Crippen LogP contribution is 2.28. The zero-order chi connectivity index (χ0) is 17.4. The molecule has 0 amide bonds. The summed E-state index contributed by atoms with van der Waals surface area (Å²) in [4.78, 5) is 0. The molecule has 0 saturated heterocycles. The molecule has 2 aromatic carbocycles. The van der Waals surface area contributed by atoms with E-state index < -0.39 is 0 Å². The molecule has 6 heteroatoms. The number of hydrogen-bond donors (Lipinski definition) is 2. The van der Waals surface area contributed by atoms with Crippen molar-refractivity contribution in [3.8, 4) is 17.2 Å². The third kappa shape index (κ3) is 5.03. The van der Waals surface area contributed by atoms with Gasteiger partial charge in [0.2, 0.25) is 0 Å². The Hall–Kier alpha value is -2.47. The van der Waals surface area contributed by atoms with Crippen molar-refractivity contribution in [1.29, 1.82) is 0 Å². The summed E-state index contributed by atoms with van der Waals surface area (Å²) in [6, 6.07) is 13.5. The van der Waals surface area contributed by atoms with E-state index in [4.69, 9.17) is 26.4 Å². The highest BCUT2D eigenvalue weighted by Gasteiger charge is 2.06. The summed E-state index contributed by atoms with van der Waals surface area (Å²) < 4.78 is 15.7. The first kappa shape index (κ1) is 17.9. The van der Waals surface area contributed by atoms with Crippen molar-refractivity contribution in [2.45, 2.75) is 6.42 Å². The molecule has 5 nitrogen and oxygen atoms in total. The molecular formula is C18H22N2O3S. The van der Waals surface area contributed by atoms with Gasteiger partial charge in [0, 0.05) is 12.6 Å². The zero-order valence-electron chi connectivity index (χ0n) is 14.1. The molecule has 0 heterocycles. The minimum Gasteiger partial charge on any atom is -0.497 e. The largest absolute Gasteiger partial charge is 0.497 e. The summed E-state index contributed by atoms with van der Waals surface area (Å²) in [5, 5.41) is 6.86. The average Bonchev–Trinajstić information content (AvgIpc) is 2.62. The first-order valence-electron chi connectivity index (χ1n) is 7.56. The lowest BCUT2D eigenvalue weighted by atomic mass is 10.1. The predicted octanol–water partition coefficient (Wildman–Crippen LogP) is 3.24. The fraction of sp³-hybridized carbons (Fsp3) is 0.278. The molecule has 0 aromatic heterocycles. The number of ether oxygens (including phenoxy) is 3. The molecule has 24 heavy (non-hydrogen) atoms. The van der Waals surface area contributed by atoms with Gasteiger partial charge in [-0.2, -0.15) is 0 Å². The molecule has 128 valence electrons. The van der Waals surface area contributed by atoms with E-state index in [1.54, 1.807) is 21.3 Å². The van der Waals surface area contributed by atoms with Crippen molar-refractivity contribution in [2.75, 3.05) is 33.2 Å². The fourth-order valence-electron chi connectivity index (χ4n) is 2.19. The van der Waals surface area contributed by atoms with Gasteiger partial charge in [-0.25, -0.2) is 0 Å². The van der Waals surface area contributed by atoms with Crippen LogP contribution in [0.25, 0.3) is 0 Å². The van der Waals surface area contributed by atoms with Gasteiger partial charge in [0.1, 0.15) is 17.2 Å². The molecule has 0 spiro atoms. The van der Waals surface area contributed by atoms with Crippen LogP contribution in [0.1, 0.15) is 5.56 Å². The summed E-state index contributed by atoms with van der Waals surface area (Å²) >= 11 is 5.34. The highest BCUT2D eigenvalue weighted by molar-refractivity contribution is 7.80. The van der Waals surface area contributed by atoms with E-state index >= 15 is 0 Å². The van der Waals surface area contributed by atoms with Gasteiger partial charge < -0.3 is 24.8 Å². The van der Waals surface area contributed by atoms with Gasteiger partial charge >= 0.3 is 0 Å². The van der Waals surface area contributed by atoms with Crippen molar-refractivity contribution in [1.82, 2.24) is 5.32 Å². The number of nitrogens with one attached hydrogen (secondary N) is 2. The van der Waals surface area contributed by atoms with E-state index in [9.17, 15) is 0 Å². The lowest BCUT2D eigenvalue weighted by molar-refractivity contribution is 0.405. The summed E-state index contributed by atoms with van der Waals surface area (Å²) in [6.45, 7) is 0.727. The Morgan fingerprint density at radius 2 is 1.58 bits per heavy atom. The summed E-state index contributed by atoms with van der Waals surface area (Å²) in [5.74, 6) is 2.29. The van der Waals surface area contributed by atoms with Gasteiger partial charge in [0.15, 0.2) is 5.11 Å². The summed E-state index contributed by atoms with van der Waals surface area (Å²) in [6.07, 6.45) is 0.862. The molecule has 0 saturated carbocycles. The Labute approximate surface area is 147 Å². The van der Waals surface area contributed by atoms with Gasteiger partial charge in [0.05, 0.1) is 27.0 Å². The molecule has 2 N–H and O–H groups in total. The quantitative estimate of drug-likeness (QED) is 0.751. The third-order valence-electron chi connectivity index (χ3n) is 3.51. The number of benzene rings is 2. The Balaban J connectivity index is 1.86. The number of thiocarbonyl (C=S) groups is 1. The van der Waals surface area contributed by atoms with E-state index in [1.165, 1.54) is 5.56 Å². The molecule has 2 aromatic rings. The maximum absolute atomic E-state index is 5.34. The SMILES string of the molecule is COc1ccc(CCNC(=S)Nc2cc(OC)ccc2OC)cc1. The van der Waals surface area contributed by atoms with Crippen molar-refractivity contribution < 1.29 is 14.2 Å². The minimum atomic E-state index is 0.537. The molecule has 0 aliphatic carbocycles. The van der Waals surface area contributed by atoms with E-state index in [0.717, 1.165) is 30.2 Å². The Morgan fingerprint density at radius 3 is 2.21 bits per heavy atom. The molecule has 0 aliphatic heterocycles. The standard InChI is InChI=1S/C18H22N2O3S/c1-21-14-6-4-13(5-7-14)10-11-19-18(24)20-16-12-15(22-2)8-9-17(16)23-3/h4-9,12H,10-11H2,1-3H3,(H2,19,20,24). The van der Waals surface area contributed by atoms with E-state index in [2.05, 4.69) is 10.6 Å². The molecule has 0 aliphatic rings. The van der Waals surface area contributed by atoms with Gasteiger partial charge in [-0.05, 0) is 48.5 Å². The minimum absolute atomic E-state index is 0.537. The Kier molecular flexibility index (Phi) is 6.69. The van der Waals surface area contributed by atoms with Crippen LogP contribution in [0, 0.1) is 0 Å². The fourth-order valence-corrected chi connectivity index (χ4v) is 2.40. The highest BCUT2D eigenvalue weighted by atomic mass is 32.1. The number of rotatable bonds is 7. The zero-order valence-corrected chi connectivity index (χ0v) is 14.9. The molecular weight excluding hydrogens is 324 g/mol. The van der Waals surface area contributed by atoms with E-state index in [-0.39, 0.29) is 0 Å². The van der Waals surface area contributed by atoms with E-state index in [0.29, 0.717) is 10.9 Å². The van der Waals surface area contributed by atoms with Crippen LogP contribution in [0.2, 0.25) is 0 Å². The normalized spacial score (nSPS) is 9.96. The molecule has 0 radical (unpaired) electrons. The van der Waals surface area contributed by atoms with Crippen LogP contribution in [0.5, 0.6) is 17.2 Å². The number of hydrogen-bond acceptors (Lipinski definition) is 4. The van der Waals surface area contributed by atoms with Gasteiger partial charge in [0.25, 0.3) is 0 Å². The lowest BCUT2D eigenvalue weighted by Crippen LogP contribution is -2.30. The Morgan fingerprint density at radius 1 is 0.917 bits per heavy atom. The molecule has 0 atom stereocenters. The van der Waals surface area contributed by atoms with Crippen molar-refractivity contribution in [3.63, 3.8) is 0 Å². The van der Waals surface area contributed by atoms with Crippen LogP contribution >= 0.6 is 12.2 Å². The number of methoxy groups -OCH3 is 3. The van der Waals surface area contributed by atoms with Crippen LogP contribution in [0.4, 0.5) is 5.69 Å². The van der Waals surface area contributed by atoms with Crippen molar-refractivity contribution in [3.05, 3.63) is 48.0 Å². The predicted molar refractivity (Wildman–Crippen MR) is 100 cm³/mol. The number of anilines is 1. The summed E-state index contributed by atoms with van der Waals surface area (Å²) in [5.41, 5.74) is 1.98. The monoisotopic (exact) mass is 346 g/mol. The first-order chi connectivity index (χ1) is 11.7. The van der Waals surface area contributed by atoms with Crippen molar-refractivity contribution >= 4 is 23.0 Å². The topological polar surface area (TPSA) is 51.8 Å². The average molecular weight is 346 g/mol. The van der Waals surface area contributed by atoms with Crippen LogP contribution in [0.3, 0.4) is 0 Å². The first-order valence-corrected chi connectivity index (χ1v) is 7.97. The van der Waals surface area contributed by atoms with Crippen LogP contribution < -0.4 is 24.8 Å².